The van der Waals surface area contributed by atoms with E-state index in [4.69, 9.17) is 10.8 Å². The van der Waals surface area contributed by atoms with E-state index >= 15 is 0 Å². The maximum atomic E-state index is 10.6. The number of para-hydroxylation sites is 1. The Balaban J connectivity index is 1.71. The van der Waals surface area contributed by atoms with Gasteiger partial charge in [0.1, 0.15) is 11.7 Å². The second-order valence-corrected chi connectivity index (χ2v) is 6.32. The van der Waals surface area contributed by atoms with Crippen molar-refractivity contribution in [3.8, 4) is 0 Å². The topological polar surface area (TPSA) is 95.8 Å². The molecule has 2 aromatic carbocycles. The van der Waals surface area contributed by atoms with E-state index in [0.717, 1.165) is 22.0 Å². The molecule has 3 aromatic rings. The SMILES string of the molecule is N=C(CCc1c[nH]c2ccccc12)N(Cc1ccccc1)C(=N)CNC=O. The minimum absolute atomic E-state index is 0.103. The summed E-state index contributed by atoms with van der Waals surface area (Å²) in [5, 5.41) is 20.5. The zero-order valence-corrected chi connectivity index (χ0v) is 15.0. The van der Waals surface area contributed by atoms with Crippen molar-refractivity contribution < 1.29 is 4.79 Å². The minimum Gasteiger partial charge on any atom is -0.361 e. The molecule has 6 nitrogen and oxygen atoms in total. The smallest absolute Gasteiger partial charge is 0.207 e. The van der Waals surface area contributed by atoms with Crippen LogP contribution in [0.15, 0.2) is 60.8 Å². The number of aryl methyl sites for hydroxylation is 1. The van der Waals surface area contributed by atoms with E-state index < -0.39 is 0 Å². The van der Waals surface area contributed by atoms with Gasteiger partial charge in [-0.2, -0.15) is 0 Å². The van der Waals surface area contributed by atoms with E-state index in [1.807, 2.05) is 54.7 Å². The van der Waals surface area contributed by atoms with Crippen molar-refractivity contribution >= 4 is 29.0 Å². The number of nitrogens with one attached hydrogen (secondary N) is 4. The van der Waals surface area contributed by atoms with Crippen LogP contribution in [0, 0.1) is 10.8 Å². The molecule has 3 rings (SSSR count). The number of amidine groups is 2. The highest BCUT2D eigenvalue weighted by molar-refractivity contribution is 5.99. The summed E-state index contributed by atoms with van der Waals surface area (Å²) >= 11 is 0. The van der Waals surface area contributed by atoms with E-state index in [2.05, 4.69) is 16.4 Å². The van der Waals surface area contributed by atoms with Crippen molar-refractivity contribution in [1.29, 1.82) is 10.8 Å². The van der Waals surface area contributed by atoms with Gasteiger partial charge in [0.2, 0.25) is 6.41 Å². The molecule has 0 saturated heterocycles. The van der Waals surface area contributed by atoms with Crippen LogP contribution >= 0.6 is 0 Å². The highest BCUT2D eigenvalue weighted by Crippen LogP contribution is 2.19. The number of aromatic nitrogens is 1. The molecule has 0 aliphatic carbocycles. The largest absolute Gasteiger partial charge is 0.361 e. The second kappa shape index (κ2) is 8.80. The molecule has 0 radical (unpaired) electrons. The monoisotopic (exact) mass is 361 g/mol. The molecule has 0 bridgehead atoms. The zero-order valence-electron chi connectivity index (χ0n) is 15.0. The lowest BCUT2D eigenvalue weighted by molar-refractivity contribution is -0.109. The van der Waals surface area contributed by atoms with Crippen LogP contribution in [0.3, 0.4) is 0 Å². The van der Waals surface area contributed by atoms with Gasteiger partial charge in [0.15, 0.2) is 0 Å². The fourth-order valence-electron chi connectivity index (χ4n) is 3.08. The molecule has 1 amide bonds. The number of carbonyl (C=O) groups excluding carboxylic acids is 1. The Labute approximate surface area is 158 Å². The minimum atomic E-state index is 0.103. The van der Waals surface area contributed by atoms with Gasteiger partial charge in [0, 0.05) is 23.5 Å². The third kappa shape index (κ3) is 4.61. The summed E-state index contributed by atoms with van der Waals surface area (Å²) in [6.07, 6.45) is 3.78. The van der Waals surface area contributed by atoms with Gasteiger partial charge in [0.25, 0.3) is 0 Å². The standard InChI is InChI=1S/C21H23N5O/c22-20(11-10-17-12-25-19-9-5-4-8-18(17)19)26(21(23)13-24-15-27)14-16-6-2-1-3-7-16/h1-9,12,15,22-23,25H,10-11,13-14H2,(H,24,27). The Hall–Kier alpha value is -3.41. The predicted molar refractivity (Wildman–Crippen MR) is 108 cm³/mol. The van der Waals surface area contributed by atoms with Crippen molar-refractivity contribution in [1.82, 2.24) is 15.2 Å². The number of fused-ring (bicyclic) bond motifs is 1. The van der Waals surface area contributed by atoms with Crippen LogP contribution in [0.1, 0.15) is 17.5 Å². The van der Waals surface area contributed by atoms with Gasteiger partial charge in [0.05, 0.1) is 13.1 Å². The molecule has 6 heteroatoms. The van der Waals surface area contributed by atoms with E-state index in [1.54, 1.807) is 4.90 Å². The molecule has 4 N–H and O–H groups in total. The van der Waals surface area contributed by atoms with Crippen LogP contribution in [0.4, 0.5) is 0 Å². The second-order valence-electron chi connectivity index (χ2n) is 6.32. The number of hydrogen-bond acceptors (Lipinski definition) is 3. The number of rotatable bonds is 8. The molecule has 0 atom stereocenters. The molecular formula is C21H23N5O. The van der Waals surface area contributed by atoms with Crippen molar-refractivity contribution in [3.63, 3.8) is 0 Å². The molecule has 0 aliphatic rings. The number of nitrogens with zero attached hydrogens (tertiary/aromatic N) is 1. The normalized spacial score (nSPS) is 10.5. The van der Waals surface area contributed by atoms with Crippen LogP contribution in [0.25, 0.3) is 10.9 Å². The van der Waals surface area contributed by atoms with Crippen LogP contribution in [-0.2, 0) is 17.8 Å². The summed E-state index contributed by atoms with van der Waals surface area (Å²) in [5.41, 5.74) is 3.26. The van der Waals surface area contributed by atoms with Crippen LogP contribution in [0.5, 0.6) is 0 Å². The average molecular weight is 361 g/mol. The lowest BCUT2D eigenvalue weighted by Gasteiger charge is -2.26. The van der Waals surface area contributed by atoms with E-state index in [9.17, 15) is 4.79 Å². The van der Waals surface area contributed by atoms with Gasteiger partial charge in [-0.25, -0.2) is 0 Å². The first kappa shape index (κ1) is 18.4. The summed E-state index contributed by atoms with van der Waals surface area (Å²) in [7, 11) is 0. The summed E-state index contributed by atoms with van der Waals surface area (Å²) in [5.74, 6) is 0.566. The van der Waals surface area contributed by atoms with Gasteiger partial charge >= 0.3 is 0 Å². The number of benzene rings is 2. The molecule has 0 aliphatic heterocycles. The summed E-state index contributed by atoms with van der Waals surface area (Å²) in [6.45, 7) is 0.540. The van der Waals surface area contributed by atoms with Gasteiger partial charge in [-0.05, 0) is 23.6 Å². The molecule has 1 aromatic heterocycles. The van der Waals surface area contributed by atoms with Crippen molar-refractivity contribution in [2.45, 2.75) is 19.4 Å². The number of aromatic amines is 1. The van der Waals surface area contributed by atoms with Crippen molar-refractivity contribution in [3.05, 3.63) is 71.9 Å². The maximum Gasteiger partial charge on any atom is 0.207 e. The fourth-order valence-corrected chi connectivity index (χ4v) is 3.08. The summed E-state index contributed by atoms with van der Waals surface area (Å²) < 4.78 is 0. The lowest BCUT2D eigenvalue weighted by Crippen LogP contribution is -2.40. The molecular weight excluding hydrogens is 338 g/mol. The highest BCUT2D eigenvalue weighted by Gasteiger charge is 2.16. The molecule has 27 heavy (non-hydrogen) atoms. The Kier molecular flexibility index (Phi) is 5.99. The first-order valence-corrected chi connectivity index (χ1v) is 8.87. The first-order valence-electron chi connectivity index (χ1n) is 8.87. The lowest BCUT2D eigenvalue weighted by atomic mass is 10.1. The molecule has 0 spiro atoms. The third-order valence-electron chi connectivity index (χ3n) is 4.49. The van der Waals surface area contributed by atoms with Gasteiger partial charge < -0.3 is 15.2 Å². The van der Waals surface area contributed by atoms with E-state index in [0.29, 0.717) is 31.6 Å². The van der Waals surface area contributed by atoms with Crippen LogP contribution < -0.4 is 5.32 Å². The maximum absolute atomic E-state index is 10.6. The van der Waals surface area contributed by atoms with E-state index in [-0.39, 0.29) is 12.4 Å². The van der Waals surface area contributed by atoms with Crippen molar-refractivity contribution in [2.24, 2.45) is 0 Å². The zero-order chi connectivity index (χ0) is 19.1. The first-order chi connectivity index (χ1) is 13.2. The van der Waals surface area contributed by atoms with Crippen LogP contribution in [0.2, 0.25) is 0 Å². The Morgan fingerprint density at radius 2 is 1.78 bits per heavy atom. The van der Waals surface area contributed by atoms with Gasteiger partial charge in [-0.3, -0.25) is 15.6 Å². The van der Waals surface area contributed by atoms with Gasteiger partial charge in [-0.1, -0.05) is 48.5 Å². The predicted octanol–water partition coefficient (Wildman–Crippen LogP) is 3.30. The summed E-state index contributed by atoms with van der Waals surface area (Å²) in [4.78, 5) is 15.5. The Bertz CT molecular complexity index is 932. The number of carbonyl (C=O) groups is 1. The molecule has 0 fully saturated rings. The average Bonchev–Trinajstić information content (AvgIpc) is 3.12. The van der Waals surface area contributed by atoms with Gasteiger partial charge in [-0.15, -0.1) is 0 Å². The third-order valence-corrected chi connectivity index (χ3v) is 4.49. The Morgan fingerprint density at radius 3 is 2.56 bits per heavy atom. The molecule has 0 saturated carbocycles. The van der Waals surface area contributed by atoms with E-state index in [1.165, 1.54) is 0 Å². The molecule has 1 heterocycles. The number of hydrogen-bond donors (Lipinski definition) is 4. The van der Waals surface area contributed by atoms with Crippen molar-refractivity contribution in [2.75, 3.05) is 6.54 Å². The highest BCUT2D eigenvalue weighted by atomic mass is 16.1. The molecule has 138 valence electrons. The molecule has 0 unspecified atom stereocenters. The summed E-state index contributed by atoms with van der Waals surface area (Å²) in [6, 6.07) is 17.9. The Morgan fingerprint density at radius 1 is 1.04 bits per heavy atom. The number of amides is 1. The van der Waals surface area contributed by atoms with Crippen LogP contribution in [-0.4, -0.2) is 34.5 Å². The fraction of sp³-hybridized carbons (Fsp3) is 0.190. The quantitative estimate of drug-likeness (QED) is 0.281. The number of H-pyrrole nitrogens is 1.